The number of urea groups is 1. The fourth-order valence-corrected chi connectivity index (χ4v) is 4.54. The molecule has 1 fully saturated rings. The predicted molar refractivity (Wildman–Crippen MR) is 134 cm³/mol. The van der Waals surface area contributed by atoms with Crippen LogP contribution >= 0.6 is 0 Å². The van der Waals surface area contributed by atoms with Crippen LogP contribution in [0.1, 0.15) is 48.4 Å². The number of primary amides is 1. The first-order valence-electron chi connectivity index (χ1n) is 12.3. The Morgan fingerprint density at radius 3 is 2.49 bits per heavy atom. The number of aromatic nitrogens is 2. The Labute approximate surface area is 221 Å². The molecule has 206 valence electrons. The summed E-state index contributed by atoms with van der Waals surface area (Å²) >= 11 is 0. The molecule has 0 radical (unpaired) electrons. The number of amides is 4. The number of nitrogens with zero attached hydrogens (tertiary/aromatic N) is 2. The number of carbonyl (C=O) groups is 3. The molecule has 39 heavy (non-hydrogen) atoms. The van der Waals surface area contributed by atoms with Crippen LogP contribution in [0.5, 0.6) is 0 Å². The normalized spacial score (nSPS) is 17.3. The number of aryl methyl sites for hydroxylation is 1. The molecule has 0 bridgehead atoms. The molecule has 0 aliphatic heterocycles. The Morgan fingerprint density at radius 1 is 1.08 bits per heavy atom. The van der Waals surface area contributed by atoms with Gasteiger partial charge in [-0.25, -0.2) is 4.79 Å². The van der Waals surface area contributed by atoms with Gasteiger partial charge >= 0.3 is 18.1 Å². The number of benzene rings is 2. The van der Waals surface area contributed by atoms with E-state index in [2.05, 4.69) is 21.2 Å². The number of nitrogens with two attached hydrogens (primary N) is 1. The molecule has 0 unspecified atom stereocenters. The predicted octanol–water partition coefficient (Wildman–Crippen LogP) is 4.33. The fraction of sp³-hybridized carbons (Fsp3) is 0.346. The average molecular weight is 546 g/mol. The molecular formula is C26H28F3N6O4+. The second kappa shape index (κ2) is 11.5. The van der Waals surface area contributed by atoms with Gasteiger partial charge in [0, 0.05) is 30.1 Å². The molecule has 10 nitrogen and oxygen atoms in total. The summed E-state index contributed by atoms with van der Waals surface area (Å²) in [6, 6.07) is 8.92. The standard InChI is InChI=1S/C26H27F3N6O4/c1-15-5-2-3-6-16(15)10-22(36)31-19-11-18(26(27,28)29)12-20(13-19)32-25(38)33-23-14-35(34-39-23)21-8-4-7-17(9-21)24(30)37/h2-3,5-6,11-14,17,21H,4,7-10H2,1H3,(H4-,30,31,32,33,34,36,37,38)/p+1/t17-,21+/m0/s1. The first kappa shape index (κ1) is 27.6. The minimum absolute atomic E-state index is 0.0289. The number of hydrogen-bond donors (Lipinski definition) is 4. The topological polar surface area (TPSA) is 143 Å². The first-order valence-corrected chi connectivity index (χ1v) is 12.3. The van der Waals surface area contributed by atoms with Crippen molar-refractivity contribution in [2.45, 2.75) is 51.2 Å². The van der Waals surface area contributed by atoms with Crippen LogP contribution in [0.4, 0.5) is 35.2 Å². The summed E-state index contributed by atoms with van der Waals surface area (Å²) in [5.41, 5.74) is 5.66. The molecule has 2 aromatic carbocycles. The monoisotopic (exact) mass is 545 g/mol. The smallest absolute Gasteiger partial charge is 0.369 e. The highest BCUT2D eigenvalue weighted by molar-refractivity contribution is 6.00. The van der Waals surface area contributed by atoms with E-state index in [1.807, 2.05) is 19.1 Å². The van der Waals surface area contributed by atoms with E-state index in [9.17, 15) is 27.6 Å². The van der Waals surface area contributed by atoms with Crippen LogP contribution in [-0.2, 0) is 22.2 Å². The molecule has 1 aromatic heterocycles. The molecule has 4 amide bonds. The molecule has 5 N–H and O–H groups in total. The van der Waals surface area contributed by atoms with E-state index >= 15 is 0 Å². The summed E-state index contributed by atoms with van der Waals surface area (Å²) in [4.78, 5) is 36.6. The minimum atomic E-state index is -4.72. The van der Waals surface area contributed by atoms with Crippen LogP contribution < -0.4 is 26.4 Å². The quantitative estimate of drug-likeness (QED) is 0.327. The summed E-state index contributed by atoms with van der Waals surface area (Å²) in [7, 11) is 0. The van der Waals surface area contributed by atoms with Crippen molar-refractivity contribution in [2.75, 3.05) is 16.0 Å². The lowest BCUT2D eigenvalue weighted by molar-refractivity contribution is -0.787. The van der Waals surface area contributed by atoms with E-state index in [0.717, 1.165) is 36.1 Å². The summed E-state index contributed by atoms with van der Waals surface area (Å²) in [5, 5.41) is 11.1. The van der Waals surface area contributed by atoms with Gasteiger partial charge in [0.05, 0.1) is 12.0 Å². The maximum absolute atomic E-state index is 13.5. The highest BCUT2D eigenvalue weighted by Crippen LogP contribution is 2.34. The van der Waals surface area contributed by atoms with Crippen LogP contribution in [0.2, 0.25) is 0 Å². The number of nitrogens with one attached hydrogen (secondary N) is 3. The molecule has 1 heterocycles. The summed E-state index contributed by atoms with van der Waals surface area (Å²) in [6.45, 7) is 1.83. The van der Waals surface area contributed by atoms with Gasteiger partial charge in [-0.15, -0.1) is 0 Å². The third-order valence-corrected chi connectivity index (χ3v) is 6.56. The lowest BCUT2D eigenvalue weighted by Gasteiger charge is -2.20. The lowest BCUT2D eigenvalue weighted by Crippen LogP contribution is -2.44. The van der Waals surface area contributed by atoms with Gasteiger partial charge in [-0.05, 0) is 53.8 Å². The first-order chi connectivity index (χ1) is 18.5. The van der Waals surface area contributed by atoms with Gasteiger partial charge in [0.1, 0.15) is 0 Å². The van der Waals surface area contributed by atoms with Crippen molar-refractivity contribution < 1.29 is 36.8 Å². The highest BCUT2D eigenvalue weighted by atomic mass is 19.4. The Balaban J connectivity index is 1.43. The van der Waals surface area contributed by atoms with E-state index in [0.29, 0.717) is 12.8 Å². The molecule has 13 heteroatoms. The van der Waals surface area contributed by atoms with Gasteiger partial charge in [-0.1, -0.05) is 24.3 Å². The van der Waals surface area contributed by atoms with Crippen molar-refractivity contribution in [2.24, 2.45) is 11.7 Å². The second-order valence-corrected chi connectivity index (χ2v) is 9.49. The molecule has 3 aromatic rings. The maximum atomic E-state index is 13.5. The molecule has 4 rings (SSSR count). The van der Waals surface area contributed by atoms with Gasteiger partial charge < -0.3 is 16.4 Å². The molecule has 1 aliphatic rings. The molecule has 2 atom stereocenters. The number of alkyl halides is 3. The Hall–Kier alpha value is -4.42. The van der Waals surface area contributed by atoms with E-state index < -0.39 is 23.7 Å². The lowest BCUT2D eigenvalue weighted by atomic mass is 9.85. The number of hydrogen-bond acceptors (Lipinski definition) is 5. The van der Waals surface area contributed by atoms with E-state index in [1.54, 1.807) is 12.1 Å². The number of carbonyl (C=O) groups excluding carboxylic acids is 3. The van der Waals surface area contributed by atoms with Crippen LogP contribution in [0.15, 0.2) is 53.2 Å². The van der Waals surface area contributed by atoms with Crippen molar-refractivity contribution in [1.29, 1.82) is 0 Å². The van der Waals surface area contributed by atoms with Crippen molar-refractivity contribution in [3.8, 4) is 0 Å². The second-order valence-electron chi connectivity index (χ2n) is 9.49. The van der Waals surface area contributed by atoms with Gasteiger partial charge in [0.15, 0.2) is 6.04 Å². The molecule has 0 saturated heterocycles. The molecule has 1 aliphatic carbocycles. The molecular weight excluding hydrogens is 517 g/mol. The van der Waals surface area contributed by atoms with Crippen LogP contribution in [0.25, 0.3) is 0 Å². The van der Waals surface area contributed by atoms with Crippen LogP contribution in [0.3, 0.4) is 0 Å². The maximum Gasteiger partial charge on any atom is 0.416 e. The Kier molecular flexibility index (Phi) is 8.17. The fourth-order valence-electron chi connectivity index (χ4n) is 4.54. The van der Waals surface area contributed by atoms with Crippen molar-refractivity contribution in [1.82, 2.24) is 5.27 Å². The largest absolute Gasteiger partial charge is 0.416 e. The van der Waals surface area contributed by atoms with Gasteiger partial charge in [0.2, 0.25) is 17.1 Å². The number of anilines is 3. The van der Waals surface area contributed by atoms with Gasteiger partial charge in [-0.2, -0.15) is 13.2 Å². The summed E-state index contributed by atoms with van der Waals surface area (Å²) in [6.07, 6.45) is -0.613. The zero-order valence-corrected chi connectivity index (χ0v) is 21.0. The zero-order valence-electron chi connectivity index (χ0n) is 21.0. The third kappa shape index (κ3) is 7.33. The third-order valence-electron chi connectivity index (χ3n) is 6.56. The van der Waals surface area contributed by atoms with Crippen LogP contribution in [-0.4, -0.2) is 23.1 Å². The van der Waals surface area contributed by atoms with E-state index in [4.69, 9.17) is 10.3 Å². The SMILES string of the molecule is Cc1ccccc1CC(=O)Nc1cc(NC(=O)Nc2c[n+]([C@@H]3CCC[C@H](C(N)=O)C3)no2)cc(C(F)(F)F)c1. The van der Waals surface area contributed by atoms with Gasteiger partial charge in [-0.3, -0.25) is 19.4 Å². The van der Waals surface area contributed by atoms with Crippen molar-refractivity contribution >= 4 is 35.1 Å². The molecule has 0 spiro atoms. The average Bonchev–Trinajstić information content (AvgIpc) is 3.33. The van der Waals surface area contributed by atoms with Crippen LogP contribution in [0, 0.1) is 12.8 Å². The number of halogens is 3. The van der Waals surface area contributed by atoms with E-state index in [-0.39, 0.29) is 41.5 Å². The number of rotatable bonds is 7. The minimum Gasteiger partial charge on any atom is -0.369 e. The summed E-state index contributed by atoms with van der Waals surface area (Å²) < 4.78 is 47.2. The zero-order chi connectivity index (χ0) is 28.2. The highest BCUT2D eigenvalue weighted by Gasteiger charge is 2.34. The van der Waals surface area contributed by atoms with Crippen molar-refractivity contribution in [3.05, 3.63) is 65.4 Å². The van der Waals surface area contributed by atoms with Gasteiger partial charge in [0.25, 0.3) is 6.20 Å². The Bertz CT molecular complexity index is 1370. The van der Waals surface area contributed by atoms with Crippen molar-refractivity contribution in [3.63, 3.8) is 0 Å². The summed E-state index contributed by atoms with van der Waals surface area (Å²) in [5.74, 6) is -1.22. The molecule has 1 saturated carbocycles. The van der Waals surface area contributed by atoms with E-state index in [1.165, 1.54) is 16.9 Å². The Morgan fingerprint density at radius 2 is 1.79 bits per heavy atom.